The second-order valence-corrected chi connectivity index (χ2v) is 6.59. The Morgan fingerprint density at radius 2 is 2.10 bits per heavy atom. The van der Waals surface area contributed by atoms with Crippen molar-refractivity contribution < 1.29 is 4.74 Å². The second kappa shape index (κ2) is 6.18. The molecule has 0 saturated carbocycles. The molecule has 0 amide bonds. The summed E-state index contributed by atoms with van der Waals surface area (Å²) in [5.74, 6) is 0.875. The van der Waals surface area contributed by atoms with Gasteiger partial charge in [-0.25, -0.2) is 0 Å². The minimum Gasteiger partial charge on any atom is -0.497 e. The lowest BCUT2D eigenvalue weighted by Gasteiger charge is -2.14. The van der Waals surface area contributed by atoms with Gasteiger partial charge in [-0.05, 0) is 61.8 Å². The molecule has 1 aromatic heterocycles. The Morgan fingerprint density at radius 1 is 1.24 bits per heavy atom. The molecule has 1 unspecified atom stereocenters. The molecule has 3 rings (SSSR count). The molecule has 2 nitrogen and oxygen atoms in total. The van der Waals surface area contributed by atoms with E-state index in [0.29, 0.717) is 0 Å². The summed E-state index contributed by atoms with van der Waals surface area (Å²) in [5.41, 5.74) is 8.79. The minimum atomic E-state index is -0.0116. The third kappa shape index (κ3) is 2.98. The molecule has 1 heterocycles. The Balaban J connectivity index is 1.98. The van der Waals surface area contributed by atoms with Gasteiger partial charge < -0.3 is 10.5 Å². The molecule has 2 aromatic carbocycles. The van der Waals surface area contributed by atoms with Crippen LogP contribution in [0, 0.1) is 0 Å². The predicted molar refractivity (Wildman–Crippen MR) is 93.2 cm³/mol. The van der Waals surface area contributed by atoms with Crippen molar-refractivity contribution in [3.63, 3.8) is 0 Å². The fraction of sp³-hybridized carbons (Fsp3) is 0.176. The fourth-order valence-corrected chi connectivity index (χ4v) is 4.18. The minimum absolute atomic E-state index is 0.0116. The molecule has 0 bridgehead atoms. The first-order valence-electron chi connectivity index (χ1n) is 6.72. The van der Waals surface area contributed by atoms with Crippen LogP contribution in [0.3, 0.4) is 0 Å². The summed E-state index contributed by atoms with van der Waals surface area (Å²) in [5, 5.41) is 6.60. The number of halogens is 1. The maximum absolute atomic E-state index is 6.38. The van der Waals surface area contributed by atoms with E-state index in [1.54, 1.807) is 18.4 Å². The smallest absolute Gasteiger partial charge is 0.119 e. The van der Waals surface area contributed by atoms with Crippen LogP contribution >= 0.6 is 27.3 Å². The highest BCUT2D eigenvalue weighted by Crippen LogP contribution is 2.31. The van der Waals surface area contributed by atoms with E-state index in [9.17, 15) is 0 Å². The Kier molecular flexibility index (Phi) is 4.29. The molecule has 0 aliphatic carbocycles. The van der Waals surface area contributed by atoms with Crippen LogP contribution in [0.5, 0.6) is 5.75 Å². The lowest BCUT2D eigenvalue weighted by molar-refractivity contribution is 0.415. The number of methoxy groups -OCH3 is 1. The fourth-order valence-electron chi connectivity index (χ4n) is 2.52. The molecule has 0 spiro atoms. The summed E-state index contributed by atoms with van der Waals surface area (Å²) < 4.78 is 6.43. The first-order chi connectivity index (χ1) is 10.2. The molecule has 3 aromatic rings. The summed E-state index contributed by atoms with van der Waals surface area (Å²) in [6.45, 7) is 0. The average Bonchev–Trinajstić information content (AvgIpc) is 2.93. The van der Waals surface area contributed by atoms with Crippen molar-refractivity contribution in [1.82, 2.24) is 0 Å². The zero-order chi connectivity index (χ0) is 14.8. The Hall–Kier alpha value is -1.36. The number of nitrogens with two attached hydrogens (primary N) is 1. The van der Waals surface area contributed by atoms with Crippen molar-refractivity contribution in [2.75, 3.05) is 7.11 Å². The van der Waals surface area contributed by atoms with Crippen molar-refractivity contribution >= 4 is 38.0 Å². The lowest BCUT2D eigenvalue weighted by Crippen LogP contribution is -2.13. The van der Waals surface area contributed by atoms with Gasteiger partial charge in [-0.1, -0.05) is 24.3 Å². The van der Waals surface area contributed by atoms with Crippen LogP contribution in [0.1, 0.15) is 17.2 Å². The Morgan fingerprint density at radius 3 is 2.81 bits per heavy atom. The maximum atomic E-state index is 6.38. The van der Waals surface area contributed by atoms with Crippen molar-refractivity contribution in [3.05, 3.63) is 62.8 Å². The van der Waals surface area contributed by atoms with E-state index in [1.165, 1.54) is 21.9 Å². The molecule has 0 aliphatic rings. The van der Waals surface area contributed by atoms with Gasteiger partial charge >= 0.3 is 0 Å². The van der Waals surface area contributed by atoms with Crippen LogP contribution in [0.2, 0.25) is 0 Å². The quantitative estimate of drug-likeness (QED) is 0.715. The number of thiophene rings is 1. The van der Waals surface area contributed by atoms with Gasteiger partial charge in [-0.2, -0.15) is 11.3 Å². The number of benzene rings is 2. The molecule has 108 valence electrons. The normalized spacial score (nSPS) is 12.5. The largest absolute Gasteiger partial charge is 0.497 e. The third-order valence-corrected chi connectivity index (χ3v) is 5.41. The molecular weight excluding hydrogens is 346 g/mol. The molecule has 1 atom stereocenters. The zero-order valence-electron chi connectivity index (χ0n) is 11.7. The van der Waals surface area contributed by atoms with Gasteiger partial charge in [-0.3, -0.25) is 0 Å². The van der Waals surface area contributed by atoms with Crippen LogP contribution in [-0.4, -0.2) is 7.11 Å². The van der Waals surface area contributed by atoms with Gasteiger partial charge in [0.25, 0.3) is 0 Å². The summed E-state index contributed by atoms with van der Waals surface area (Å²) in [6.07, 6.45) is 0.805. The summed E-state index contributed by atoms with van der Waals surface area (Å²) in [6, 6.07) is 12.5. The molecule has 21 heavy (non-hydrogen) atoms. The maximum Gasteiger partial charge on any atom is 0.119 e. The van der Waals surface area contributed by atoms with Crippen LogP contribution < -0.4 is 10.5 Å². The molecule has 4 heteroatoms. The van der Waals surface area contributed by atoms with Crippen LogP contribution in [-0.2, 0) is 6.42 Å². The highest BCUT2D eigenvalue weighted by Gasteiger charge is 2.13. The molecule has 2 N–H and O–H groups in total. The van der Waals surface area contributed by atoms with Crippen LogP contribution in [0.25, 0.3) is 10.8 Å². The van der Waals surface area contributed by atoms with Crippen molar-refractivity contribution in [2.45, 2.75) is 12.5 Å². The number of fused-ring (bicyclic) bond motifs is 1. The first-order valence-corrected chi connectivity index (χ1v) is 8.45. The van der Waals surface area contributed by atoms with Gasteiger partial charge in [0.1, 0.15) is 5.75 Å². The van der Waals surface area contributed by atoms with Crippen LogP contribution in [0.4, 0.5) is 0 Å². The van der Waals surface area contributed by atoms with E-state index in [2.05, 4.69) is 57.0 Å². The third-order valence-electron chi connectivity index (χ3n) is 3.66. The van der Waals surface area contributed by atoms with E-state index in [4.69, 9.17) is 10.5 Å². The van der Waals surface area contributed by atoms with E-state index in [1.807, 2.05) is 6.07 Å². The summed E-state index contributed by atoms with van der Waals surface area (Å²) >= 11 is 5.23. The Labute approximate surface area is 136 Å². The van der Waals surface area contributed by atoms with E-state index >= 15 is 0 Å². The highest BCUT2D eigenvalue weighted by molar-refractivity contribution is 9.10. The molecule has 0 saturated heterocycles. The topological polar surface area (TPSA) is 35.2 Å². The molecule has 0 aliphatic heterocycles. The number of hydrogen-bond acceptors (Lipinski definition) is 3. The monoisotopic (exact) mass is 361 g/mol. The van der Waals surface area contributed by atoms with E-state index in [0.717, 1.165) is 16.6 Å². The SMILES string of the molecule is COc1ccc2cccc(CC(N)c3cscc3Br)c2c1. The van der Waals surface area contributed by atoms with E-state index in [-0.39, 0.29) is 6.04 Å². The number of rotatable bonds is 4. The van der Waals surface area contributed by atoms with Crippen molar-refractivity contribution in [3.8, 4) is 5.75 Å². The first kappa shape index (κ1) is 14.6. The van der Waals surface area contributed by atoms with Gasteiger partial charge in [0.15, 0.2) is 0 Å². The predicted octanol–water partition coefficient (Wildman–Crippen LogP) is 4.91. The van der Waals surface area contributed by atoms with Gasteiger partial charge in [0, 0.05) is 15.9 Å². The summed E-state index contributed by atoms with van der Waals surface area (Å²) in [4.78, 5) is 0. The molecule has 0 radical (unpaired) electrons. The van der Waals surface area contributed by atoms with Crippen molar-refractivity contribution in [2.24, 2.45) is 5.73 Å². The van der Waals surface area contributed by atoms with Gasteiger partial charge in [-0.15, -0.1) is 0 Å². The van der Waals surface area contributed by atoms with Gasteiger partial charge in [0.2, 0.25) is 0 Å². The second-order valence-electron chi connectivity index (χ2n) is 4.99. The molecular formula is C17H16BrNOS. The standard InChI is InChI=1S/C17H16BrNOS/c1-20-13-6-5-11-3-2-4-12(14(11)8-13)7-17(19)15-9-21-10-16(15)18/h2-6,8-10,17H,7,19H2,1H3. The van der Waals surface area contributed by atoms with E-state index < -0.39 is 0 Å². The van der Waals surface area contributed by atoms with Crippen LogP contribution in [0.15, 0.2) is 51.6 Å². The Bertz CT molecular complexity index is 768. The van der Waals surface area contributed by atoms with Gasteiger partial charge in [0.05, 0.1) is 7.11 Å². The number of ether oxygens (including phenoxy) is 1. The summed E-state index contributed by atoms with van der Waals surface area (Å²) in [7, 11) is 1.69. The number of hydrogen-bond donors (Lipinski definition) is 1. The zero-order valence-corrected chi connectivity index (χ0v) is 14.1. The lowest BCUT2D eigenvalue weighted by atomic mass is 9.96. The highest BCUT2D eigenvalue weighted by atomic mass is 79.9. The van der Waals surface area contributed by atoms with Crippen molar-refractivity contribution in [1.29, 1.82) is 0 Å². The molecule has 0 fully saturated rings. The average molecular weight is 362 g/mol.